The predicted octanol–water partition coefficient (Wildman–Crippen LogP) is 4.35. The summed E-state index contributed by atoms with van der Waals surface area (Å²) in [5.74, 6) is -0.134. The average molecular weight is 752 g/mol. The molecule has 5 fully saturated rings. The van der Waals surface area contributed by atoms with Gasteiger partial charge in [0.15, 0.2) is 0 Å². The van der Waals surface area contributed by atoms with E-state index in [-0.39, 0.29) is 30.6 Å². The Morgan fingerprint density at radius 1 is 1.04 bits per heavy atom. The number of ether oxygens (including phenoxy) is 2. The lowest BCUT2D eigenvalue weighted by Gasteiger charge is -2.60. The first-order valence-electron chi connectivity index (χ1n) is 20.0. The van der Waals surface area contributed by atoms with Gasteiger partial charge in [-0.1, -0.05) is 72.2 Å². The summed E-state index contributed by atoms with van der Waals surface area (Å²) in [5.41, 5.74) is 1.17. The van der Waals surface area contributed by atoms with Crippen molar-refractivity contribution in [1.82, 2.24) is 25.3 Å². The standard InChI is InChI=1S/C40H62BN5O8/c1-9-13-32(41(51)54-40-21-28(40)18-27-19-31(40)39(27,5)6)42-34(47)30-20-29(53-37(50)45-22-25-14-10-11-15-26(25)23-45)24-46(30)35(48)33(38(2,3)4)43-36(49)52-17-12-16-44(7)8/h10-11,14-15,27-33,51H,9,12-13,16-24H2,1-8H3,(H,42,47)(H,43,49)/t27-,28?,29-,30+,31+,32+,33-,40-/m1/s1. The highest BCUT2D eigenvalue weighted by atomic mass is 16.6. The van der Waals surface area contributed by atoms with E-state index in [0.717, 1.165) is 36.9 Å². The van der Waals surface area contributed by atoms with E-state index in [4.69, 9.17) is 14.1 Å². The van der Waals surface area contributed by atoms with Gasteiger partial charge in [0.2, 0.25) is 11.8 Å². The molecule has 1 aromatic rings. The van der Waals surface area contributed by atoms with Crippen LogP contribution in [-0.2, 0) is 36.8 Å². The number of rotatable bonds is 14. The number of hydrogen-bond acceptors (Lipinski definition) is 9. The number of nitrogens with zero attached hydrogens (tertiary/aromatic N) is 3. The van der Waals surface area contributed by atoms with E-state index in [1.807, 2.05) is 71.0 Å². The second-order valence-corrected chi connectivity index (χ2v) is 18.4. The second-order valence-electron chi connectivity index (χ2n) is 18.4. The maximum atomic E-state index is 14.5. The number of carbonyl (C=O) groups is 4. The Balaban J connectivity index is 1.17. The molecule has 2 bridgehead atoms. The molecule has 3 N–H and O–H groups in total. The maximum Gasteiger partial charge on any atom is 0.478 e. The fourth-order valence-electron chi connectivity index (χ4n) is 9.61. The van der Waals surface area contributed by atoms with Crippen LogP contribution < -0.4 is 10.6 Å². The quantitative estimate of drug-likeness (QED) is 0.186. The molecule has 298 valence electrons. The topological polar surface area (TPSA) is 150 Å². The van der Waals surface area contributed by atoms with Crippen molar-refractivity contribution in [2.45, 2.75) is 129 Å². The van der Waals surface area contributed by atoms with Gasteiger partial charge in [-0.15, -0.1) is 0 Å². The molecule has 8 atom stereocenters. The van der Waals surface area contributed by atoms with Gasteiger partial charge in [-0.05, 0) is 85.9 Å². The first-order valence-corrected chi connectivity index (χ1v) is 20.0. The van der Waals surface area contributed by atoms with Gasteiger partial charge in [0, 0.05) is 26.1 Å². The van der Waals surface area contributed by atoms with Crippen LogP contribution in [0.3, 0.4) is 0 Å². The summed E-state index contributed by atoms with van der Waals surface area (Å²) in [6, 6.07) is 5.78. The summed E-state index contributed by atoms with van der Waals surface area (Å²) in [6.45, 7) is 13.8. The van der Waals surface area contributed by atoms with Crippen LogP contribution in [0.4, 0.5) is 9.59 Å². The van der Waals surface area contributed by atoms with Crippen molar-refractivity contribution in [3.63, 3.8) is 0 Å². The van der Waals surface area contributed by atoms with E-state index in [1.54, 1.807) is 4.90 Å². The molecule has 1 aromatic carbocycles. The Morgan fingerprint density at radius 3 is 2.33 bits per heavy atom. The number of benzene rings is 1. The van der Waals surface area contributed by atoms with Crippen molar-refractivity contribution in [3.8, 4) is 0 Å². The van der Waals surface area contributed by atoms with E-state index < -0.39 is 60.7 Å². The third-order valence-corrected chi connectivity index (χ3v) is 12.9. The molecule has 0 aromatic heterocycles. The van der Waals surface area contributed by atoms with Gasteiger partial charge in [-0.25, -0.2) is 9.59 Å². The van der Waals surface area contributed by atoms with Crippen LogP contribution in [0.5, 0.6) is 0 Å². The smallest absolute Gasteiger partial charge is 0.449 e. The first kappa shape index (κ1) is 40.3. The highest BCUT2D eigenvalue weighted by Gasteiger charge is 2.74. The van der Waals surface area contributed by atoms with Crippen molar-refractivity contribution < 1.29 is 38.3 Å². The highest BCUT2D eigenvalue weighted by Crippen LogP contribution is 2.74. The summed E-state index contributed by atoms with van der Waals surface area (Å²) in [7, 11) is 2.66. The second kappa shape index (κ2) is 15.6. The van der Waals surface area contributed by atoms with Gasteiger partial charge in [0.25, 0.3) is 0 Å². The summed E-state index contributed by atoms with van der Waals surface area (Å²) in [4.78, 5) is 60.3. The van der Waals surface area contributed by atoms with Crippen molar-refractivity contribution in [3.05, 3.63) is 35.4 Å². The fraction of sp³-hybridized carbons (Fsp3) is 0.750. The largest absolute Gasteiger partial charge is 0.478 e. The van der Waals surface area contributed by atoms with Crippen LogP contribution >= 0.6 is 0 Å². The van der Waals surface area contributed by atoms with Crippen molar-refractivity contribution >= 4 is 31.1 Å². The monoisotopic (exact) mass is 751 g/mol. The number of alkyl carbamates (subject to hydrolysis) is 1. The van der Waals surface area contributed by atoms with Gasteiger partial charge in [0.05, 0.1) is 24.7 Å². The van der Waals surface area contributed by atoms with Crippen LogP contribution in [-0.4, -0.2) is 114 Å². The Bertz CT molecular complexity index is 1540. The summed E-state index contributed by atoms with van der Waals surface area (Å²) in [6.07, 6.45) is 3.00. The Labute approximate surface area is 321 Å². The summed E-state index contributed by atoms with van der Waals surface area (Å²) < 4.78 is 18.0. The molecule has 4 aliphatic carbocycles. The number of likely N-dealkylation sites (tertiary alicyclic amines) is 1. The van der Waals surface area contributed by atoms with Crippen molar-refractivity contribution in [2.24, 2.45) is 28.6 Å². The van der Waals surface area contributed by atoms with Crippen LogP contribution in [0.2, 0.25) is 0 Å². The molecule has 2 aliphatic heterocycles. The molecule has 4 amide bonds. The lowest BCUT2D eigenvalue weighted by atomic mass is 9.47. The van der Waals surface area contributed by atoms with E-state index in [2.05, 4.69) is 24.5 Å². The molecule has 0 spiro atoms. The zero-order valence-corrected chi connectivity index (χ0v) is 33.6. The van der Waals surface area contributed by atoms with Gasteiger partial charge in [0.1, 0.15) is 18.2 Å². The van der Waals surface area contributed by atoms with Crippen LogP contribution in [0.1, 0.15) is 97.6 Å². The molecule has 54 heavy (non-hydrogen) atoms. The molecule has 1 unspecified atom stereocenters. The van der Waals surface area contributed by atoms with E-state index >= 15 is 0 Å². The molecule has 2 heterocycles. The Hall–Kier alpha value is -3.36. The van der Waals surface area contributed by atoms with E-state index in [1.165, 1.54) is 4.90 Å². The van der Waals surface area contributed by atoms with E-state index in [9.17, 15) is 24.2 Å². The summed E-state index contributed by atoms with van der Waals surface area (Å²) >= 11 is 0. The minimum atomic E-state index is -1.21. The van der Waals surface area contributed by atoms with Crippen LogP contribution in [0, 0.1) is 28.6 Å². The lowest BCUT2D eigenvalue weighted by molar-refractivity contribution is -0.147. The maximum absolute atomic E-state index is 14.5. The molecule has 7 rings (SSSR count). The number of hydrogen-bond donors (Lipinski definition) is 3. The lowest BCUT2D eigenvalue weighted by Crippen LogP contribution is -2.61. The van der Waals surface area contributed by atoms with Gasteiger partial charge in [-0.2, -0.15) is 0 Å². The zero-order chi connectivity index (χ0) is 39.2. The van der Waals surface area contributed by atoms with Gasteiger partial charge in [-0.3, -0.25) is 14.5 Å². The Kier molecular flexibility index (Phi) is 11.7. The van der Waals surface area contributed by atoms with E-state index in [0.29, 0.717) is 50.1 Å². The minimum absolute atomic E-state index is 0.0319. The first-order chi connectivity index (χ1) is 25.4. The minimum Gasteiger partial charge on any atom is -0.449 e. The predicted molar refractivity (Wildman–Crippen MR) is 204 cm³/mol. The average Bonchev–Trinajstić information content (AvgIpc) is 3.42. The Morgan fingerprint density at radius 2 is 1.72 bits per heavy atom. The molecule has 1 saturated heterocycles. The van der Waals surface area contributed by atoms with Crippen LogP contribution in [0.15, 0.2) is 24.3 Å². The van der Waals surface area contributed by atoms with Gasteiger partial charge >= 0.3 is 19.3 Å². The molecule has 0 radical (unpaired) electrons. The molecule has 14 heteroatoms. The van der Waals surface area contributed by atoms with Crippen molar-refractivity contribution in [2.75, 3.05) is 33.8 Å². The zero-order valence-electron chi connectivity index (χ0n) is 33.6. The third kappa shape index (κ3) is 8.26. The molecular weight excluding hydrogens is 689 g/mol. The molecule has 13 nitrogen and oxygen atoms in total. The van der Waals surface area contributed by atoms with Gasteiger partial charge < -0.3 is 39.6 Å². The number of fused-ring (bicyclic) bond motifs is 1. The third-order valence-electron chi connectivity index (χ3n) is 12.9. The van der Waals surface area contributed by atoms with Crippen molar-refractivity contribution in [1.29, 1.82) is 0 Å². The van der Waals surface area contributed by atoms with Crippen LogP contribution in [0.25, 0.3) is 0 Å². The highest BCUT2D eigenvalue weighted by molar-refractivity contribution is 6.45. The number of nitrogens with one attached hydrogen (secondary N) is 2. The molecule has 4 saturated carbocycles. The molecule has 6 aliphatic rings. The fourth-order valence-corrected chi connectivity index (χ4v) is 9.61. The summed E-state index contributed by atoms with van der Waals surface area (Å²) in [5, 5.41) is 17.4. The SMILES string of the molecule is CCC[C@H](NC(=O)[C@@H]1C[C@@H](OC(=O)N2Cc3ccccc3C2)CN1C(=O)[C@@H](NC(=O)OCCCN(C)C)C(C)(C)C)B(O)O[C@]12CC1C[C@@H]1C[C@H]2C1(C)C. The normalized spacial score (nSPS) is 28.7. The number of amides is 4. The molecular formula is C40H62BN5O8. The number of carbonyl (C=O) groups excluding carboxylic acids is 4.